The zero-order chi connectivity index (χ0) is 22.7. The van der Waals surface area contributed by atoms with E-state index in [4.69, 9.17) is 19.8 Å². The molecule has 32 heavy (non-hydrogen) atoms. The quantitative estimate of drug-likeness (QED) is 0.511. The third kappa shape index (κ3) is 4.68. The lowest BCUT2D eigenvalue weighted by atomic mass is 10.2. The number of aromatic nitrogens is 5. The molecule has 9 nitrogen and oxygen atoms in total. The van der Waals surface area contributed by atoms with Crippen molar-refractivity contribution in [2.24, 2.45) is 0 Å². The molecule has 0 saturated carbocycles. The van der Waals surface area contributed by atoms with Crippen LogP contribution in [0, 0.1) is 6.92 Å². The number of rotatable bonds is 9. The van der Waals surface area contributed by atoms with Crippen molar-refractivity contribution < 1.29 is 4.74 Å². The topological polar surface area (TPSA) is 84.2 Å². The second-order valence-corrected chi connectivity index (χ2v) is 8.45. The van der Waals surface area contributed by atoms with E-state index in [2.05, 4.69) is 48.0 Å². The first-order valence-corrected chi connectivity index (χ1v) is 11.5. The minimum atomic E-state index is 0.389. The number of nitrogens with zero attached hydrogens (tertiary/aromatic N) is 7. The molecule has 9 heteroatoms. The van der Waals surface area contributed by atoms with Crippen LogP contribution >= 0.6 is 0 Å². The van der Waals surface area contributed by atoms with E-state index in [1.54, 1.807) is 6.20 Å². The van der Waals surface area contributed by atoms with Gasteiger partial charge in [-0.2, -0.15) is 10.1 Å². The highest BCUT2D eigenvalue weighted by atomic mass is 16.5. The highest BCUT2D eigenvalue weighted by molar-refractivity contribution is 5.90. The summed E-state index contributed by atoms with van der Waals surface area (Å²) in [4.78, 5) is 19.0. The summed E-state index contributed by atoms with van der Waals surface area (Å²) in [5.41, 5.74) is 3.89. The van der Waals surface area contributed by atoms with Crippen LogP contribution in [-0.2, 0) is 17.7 Å². The minimum Gasteiger partial charge on any atom is -0.380 e. The van der Waals surface area contributed by atoms with Crippen LogP contribution in [0.3, 0.4) is 0 Å². The normalized spacial score (nSPS) is 16.7. The molecule has 3 aromatic heterocycles. The van der Waals surface area contributed by atoms with Gasteiger partial charge in [0.2, 0.25) is 5.95 Å². The van der Waals surface area contributed by atoms with E-state index in [-0.39, 0.29) is 0 Å². The van der Waals surface area contributed by atoms with Crippen molar-refractivity contribution in [3.8, 4) is 0 Å². The van der Waals surface area contributed by atoms with E-state index >= 15 is 0 Å². The van der Waals surface area contributed by atoms with E-state index in [9.17, 15) is 0 Å². The molecule has 172 valence electrons. The molecule has 0 aromatic carbocycles. The van der Waals surface area contributed by atoms with Crippen LogP contribution in [0.25, 0.3) is 11.0 Å². The molecule has 0 spiro atoms. The van der Waals surface area contributed by atoms with Gasteiger partial charge in [0.05, 0.1) is 18.8 Å². The Hall–Kier alpha value is -2.78. The van der Waals surface area contributed by atoms with E-state index in [1.165, 1.54) is 0 Å². The Kier molecular flexibility index (Phi) is 6.86. The fourth-order valence-electron chi connectivity index (χ4n) is 4.19. The maximum absolute atomic E-state index is 5.60. The number of fused-ring (bicyclic) bond motifs is 1. The van der Waals surface area contributed by atoms with Crippen LogP contribution in [-0.4, -0.2) is 76.1 Å². The zero-order valence-corrected chi connectivity index (χ0v) is 19.8. The van der Waals surface area contributed by atoms with Crippen LogP contribution < -0.4 is 10.2 Å². The maximum Gasteiger partial charge on any atom is 0.228 e. The molecular weight excluding hydrogens is 404 g/mol. The predicted molar refractivity (Wildman–Crippen MR) is 128 cm³/mol. The summed E-state index contributed by atoms with van der Waals surface area (Å²) in [6.07, 6.45) is 3.71. The number of anilines is 3. The summed E-state index contributed by atoms with van der Waals surface area (Å²) < 4.78 is 7.56. The average molecular weight is 439 g/mol. The van der Waals surface area contributed by atoms with Gasteiger partial charge in [-0.25, -0.2) is 9.97 Å². The molecular formula is C23H34N8O. The number of likely N-dealkylation sites (tertiary alicyclic amines) is 1. The summed E-state index contributed by atoms with van der Waals surface area (Å²) in [6, 6.07) is 4.39. The molecule has 1 saturated heterocycles. The van der Waals surface area contributed by atoms with E-state index < -0.39 is 0 Å². The van der Waals surface area contributed by atoms with Crippen molar-refractivity contribution in [2.75, 3.05) is 50.6 Å². The van der Waals surface area contributed by atoms with Crippen LogP contribution in [0.2, 0.25) is 0 Å². The molecule has 0 amide bonds. The second kappa shape index (κ2) is 9.79. The molecule has 1 fully saturated rings. The Morgan fingerprint density at radius 3 is 2.81 bits per heavy atom. The highest BCUT2D eigenvalue weighted by Gasteiger charge is 2.27. The Morgan fingerprint density at radius 2 is 2.12 bits per heavy atom. The van der Waals surface area contributed by atoms with Crippen LogP contribution in [0.15, 0.2) is 18.3 Å². The third-order valence-corrected chi connectivity index (χ3v) is 6.02. The largest absolute Gasteiger partial charge is 0.380 e. The zero-order valence-electron chi connectivity index (χ0n) is 19.8. The van der Waals surface area contributed by atoms with Gasteiger partial charge in [-0.15, -0.1) is 0 Å². The van der Waals surface area contributed by atoms with Gasteiger partial charge >= 0.3 is 0 Å². The van der Waals surface area contributed by atoms with Crippen molar-refractivity contribution in [1.29, 1.82) is 0 Å². The number of likely N-dealkylation sites (N-methyl/N-ethyl adjacent to an activating group) is 2. The smallest absolute Gasteiger partial charge is 0.228 e. The van der Waals surface area contributed by atoms with Gasteiger partial charge in [0.1, 0.15) is 16.9 Å². The van der Waals surface area contributed by atoms with Gasteiger partial charge in [0, 0.05) is 32.4 Å². The van der Waals surface area contributed by atoms with E-state index in [1.807, 2.05) is 23.7 Å². The molecule has 0 unspecified atom stereocenters. The van der Waals surface area contributed by atoms with Crippen molar-refractivity contribution in [3.63, 3.8) is 0 Å². The molecule has 0 bridgehead atoms. The van der Waals surface area contributed by atoms with Crippen LogP contribution in [0.5, 0.6) is 0 Å². The van der Waals surface area contributed by atoms with Crippen molar-refractivity contribution in [3.05, 3.63) is 29.6 Å². The number of hydrogen-bond acceptors (Lipinski definition) is 8. The summed E-state index contributed by atoms with van der Waals surface area (Å²) in [5, 5.41) is 8.31. The molecule has 4 heterocycles. The van der Waals surface area contributed by atoms with E-state index in [0.29, 0.717) is 31.7 Å². The Bertz CT molecular complexity index is 1070. The monoisotopic (exact) mass is 438 g/mol. The van der Waals surface area contributed by atoms with Crippen molar-refractivity contribution in [2.45, 2.75) is 46.2 Å². The molecule has 3 aromatic rings. The molecule has 1 N–H and O–H groups in total. The van der Waals surface area contributed by atoms with Gasteiger partial charge < -0.3 is 19.9 Å². The fraction of sp³-hybridized carbons (Fsp3) is 0.565. The fourth-order valence-corrected chi connectivity index (χ4v) is 4.19. The van der Waals surface area contributed by atoms with Crippen LogP contribution in [0.4, 0.5) is 17.6 Å². The Morgan fingerprint density at radius 1 is 1.28 bits per heavy atom. The number of pyridine rings is 1. The average Bonchev–Trinajstić information content (AvgIpc) is 3.37. The van der Waals surface area contributed by atoms with Crippen LogP contribution in [0.1, 0.15) is 31.5 Å². The number of nitrogens with one attached hydrogen (secondary N) is 1. The SMILES string of the molecule is CCOCCn1nc(CC)c2nc(N(C)[C@@H]3CCN(C)C3)nc(Nc3cc(C)ccn3)c21. The number of hydrogen-bond donors (Lipinski definition) is 1. The lowest BCUT2D eigenvalue weighted by Gasteiger charge is -2.25. The van der Waals surface area contributed by atoms with E-state index in [0.717, 1.165) is 59.9 Å². The molecule has 1 atom stereocenters. The van der Waals surface area contributed by atoms with Gasteiger partial charge in [0.25, 0.3) is 0 Å². The van der Waals surface area contributed by atoms with Gasteiger partial charge in [-0.3, -0.25) is 4.68 Å². The maximum atomic E-state index is 5.60. The standard InChI is InChI=1S/C23H34N8O/c1-6-18-20-21(31(28-18)12-13-32-7-2)22(25-19-14-16(3)8-10-24-19)27-23(26-20)30(5)17-9-11-29(4)15-17/h8,10,14,17H,6-7,9,11-13,15H2,1-5H3,(H,24,25,26,27)/t17-/m1/s1. The summed E-state index contributed by atoms with van der Waals surface area (Å²) in [5.74, 6) is 2.20. The first-order chi connectivity index (χ1) is 15.5. The van der Waals surface area contributed by atoms with Gasteiger partial charge in [-0.1, -0.05) is 6.92 Å². The predicted octanol–water partition coefficient (Wildman–Crippen LogP) is 3.01. The first kappa shape index (κ1) is 22.4. The Labute approximate surface area is 189 Å². The number of aryl methyl sites for hydroxylation is 2. The van der Waals surface area contributed by atoms with Gasteiger partial charge in [0.15, 0.2) is 5.82 Å². The molecule has 4 rings (SSSR count). The number of ether oxygens (including phenoxy) is 1. The first-order valence-electron chi connectivity index (χ1n) is 11.5. The minimum absolute atomic E-state index is 0.389. The van der Waals surface area contributed by atoms with Crippen molar-refractivity contribution >= 4 is 28.6 Å². The van der Waals surface area contributed by atoms with Gasteiger partial charge in [-0.05, 0) is 58.0 Å². The Balaban J connectivity index is 1.80. The lowest BCUT2D eigenvalue weighted by molar-refractivity contribution is 0.137. The van der Waals surface area contributed by atoms with Crippen molar-refractivity contribution in [1.82, 2.24) is 29.6 Å². The molecule has 0 aliphatic carbocycles. The second-order valence-electron chi connectivity index (χ2n) is 8.45. The summed E-state index contributed by atoms with van der Waals surface area (Å²) in [7, 11) is 4.25. The molecule has 1 aliphatic rings. The third-order valence-electron chi connectivity index (χ3n) is 6.02. The summed E-state index contributed by atoms with van der Waals surface area (Å²) >= 11 is 0. The lowest BCUT2D eigenvalue weighted by Crippen LogP contribution is -2.35. The summed E-state index contributed by atoms with van der Waals surface area (Å²) in [6.45, 7) is 10.2. The molecule has 1 aliphatic heterocycles. The molecule has 0 radical (unpaired) electrons. The highest BCUT2D eigenvalue weighted by Crippen LogP contribution is 2.30.